The van der Waals surface area contributed by atoms with Gasteiger partial charge < -0.3 is 10.4 Å². The van der Waals surface area contributed by atoms with Crippen LogP contribution in [0.1, 0.15) is 26.5 Å². The van der Waals surface area contributed by atoms with E-state index in [0.29, 0.717) is 5.92 Å². The lowest BCUT2D eigenvalue weighted by Gasteiger charge is -2.20. The summed E-state index contributed by atoms with van der Waals surface area (Å²) in [5.74, 6) is 0.438. The van der Waals surface area contributed by atoms with E-state index in [1.54, 1.807) is 0 Å². The van der Waals surface area contributed by atoms with Gasteiger partial charge >= 0.3 is 0 Å². The predicted molar refractivity (Wildman–Crippen MR) is 60.5 cm³/mol. The standard InChI is InChI=1S/C11H21N3O/c1-4-14-10(5-6-13-14)7-12-11(8-15)9(2)3/h5-6,9,11-12,15H,4,7-8H2,1-3H3/t11-/m1/s1. The summed E-state index contributed by atoms with van der Waals surface area (Å²) in [7, 11) is 0. The van der Waals surface area contributed by atoms with Crippen LogP contribution in [0, 0.1) is 5.92 Å². The van der Waals surface area contributed by atoms with Gasteiger partial charge in [0.15, 0.2) is 0 Å². The molecule has 1 heterocycles. The summed E-state index contributed by atoms with van der Waals surface area (Å²) < 4.78 is 1.96. The fourth-order valence-corrected chi connectivity index (χ4v) is 1.54. The number of nitrogens with one attached hydrogen (secondary N) is 1. The molecule has 15 heavy (non-hydrogen) atoms. The maximum absolute atomic E-state index is 9.17. The number of hydrogen-bond acceptors (Lipinski definition) is 3. The van der Waals surface area contributed by atoms with Crippen molar-refractivity contribution < 1.29 is 5.11 Å². The zero-order valence-electron chi connectivity index (χ0n) is 9.77. The molecule has 1 atom stereocenters. The highest BCUT2D eigenvalue weighted by atomic mass is 16.3. The molecule has 1 aromatic rings. The molecule has 86 valence electrons. The van der Waals surface area contributed by atoms with E-state index in [4.69, 9.17) is 5.11 Å². The first-order valence-electron chi connectivity index (χ1n) is 5.54. The zero-order valence-corrected chi connectivity index (χ0v) is 9.77. The molecule has 0 saturated heterocycles. The van der Waals surface area contributed by atoms with Crippen LogP contribution in [0.5, 0.6) is 0 Å². The number of aryl methyl sites for hydroxylation is 1. The van der Waals surface area contributed by atoms with Crippen LogP contribution in [0.3, 0.4) is 0 Å². The Bertz CT molecular complexity index is 283. The lowest BCUT2D eigenvalue weighted by Crippen LogP contribution is -2.37. The molecule has 0 fully saturated rings. The van der Waals surface area contributed by atoms with Crippen LogP contribution < -0.4 is 5.32 Å². The molecule has 0 bridgehead atoms. The Kier molecular flexibility index (Phi) is 4.78. The molecule has 1 rings (SSSR count). The van der Waals surface area contributed by atoms with Gasteiger partial charge in [-0.2, -0.15) is 5.10 Å². The van der Waals surface area contributed by atoms with Crippen molar-refractivity contribution in [2.24, 2.45) is 5.92 Å². The van der Waals surface area contributed by atoms with Crippen molar-refractivity contribution in [1.82, 2.24) is 15.1 Å². The summed E-state index contributed by atoms with van der Waals surface area (Å²) in [4.78, 5) is 0. The lowest BCUT2D eigenvalue weighted by atomic mass is 10.1. The van der Waals surface area contributed by atoms with E-state index in [0.717, 1.165) is 18.8 Å². The lowest BCUT2D eigenvalue weighted by molar-refractivity contribution is 0.209. The summed E-state index contributed by atoms with van der Waals surface area (Å²) in [6, 6.07) is 2.16. The zero-order chi connectivity index (χ0) is 11.3. The predicted octanol–water partition coefficient (Wildman–Crippen LogP) is 1.01. The number of rotatable bonds is 6. The second kappa shape index (κ2) is 5.88. The minimum Gasteiger partial charge on any atom is -0.395 e. The second-order valence-corrected chi connectivity index (χ2v) is 4.05. The minimum absolute atomic E-state index is 0.158. The topological polar surface area (TPSA) is 50.1 Å². The van der Waals surface area contributed by atoms with Gasteiger partial charge in [0.05, 0.1) is 12.3 Å². The maximum atomic E-state index is 9.17. The van der Waals surface area contributed by atoms with Crippen LogP contribution in [-0.2, 0) is 13.1 Å². The van der Waals surface area contributed by atoms with E-state index in [9.17, 15) is 0 Å². The molecule has 4 heteroatoms. The van der Waals surface area contributed by atoms with Gasteiger partial charge in [0.1, 0.15) is 0 Å². The molecule has 0 aliphatic rings. The minimum atomic E-state index is 0.158. The van der Waals surface area contributed by atoms with E-state index in [1.807, 2.05) is 16.9 Å². The molecule has 4 nitrogen and oxygen atoms in total. The van der Waals surface area contributed by atoms with Crippen molar-refractivity contribution in [1.29, 1.82) is 0 Å². The summed E-state index contributed by atoms with van der Waals surface area (Å²) >= 11 is 0. The molecule has 0 unspecified atom stereocenters. The van der Waals surface area contributed by atoms with Crippen molar-refractivity contribution in [3.63, 3.8) is 0 Å². The molecule has 0 aliphatic carbocycles. The van der Waals surface area contributed by atoms with E-state index in [-0.39, 0.29) is 12.6 Å². The number of aliphatic hydroxyl groups is 1. The summed E-state index contributed by atoms with van der Waals surface area (Å²) in [5.41, 5.74) is 1.16. The van der Waals surface area contributed by atoms with E-state index in [1.165, 1.54) is 0 Å². The number of hydrogen-bond donors (Lipinski definition) is 2. The quantitative estimate of drug-likeness (QED) is 0.738. The molecule has 0 aliphatic heterocycles. The molecule has 0 radical (unpaired) electrons. The van der Waals surface area contributed by atoms with E-state index >= 15 is 0 Å². The van der Waals surface area contributed by atoms with E-state index in [2.05, 4.69) is 31.2 Å². The summed E-state index contributed by atoms with van der Waals surface area (Å²) in [5, 5.41) is 16.7. The molecule has 0 spiro atoms. The molecule has 0 amide bonds. The molecule has 2 N–H and O–H groups in total. The van der Waals surface area contributed by atoms with Gasteiger partial charge in [0.25, 0.3) is 0 Å². The Hall–Kier alpha value is -0.870. The Morgan fingerprint density at radius 3 is 2.80 bits per heavy atom. The highest BCUT2D eigenvalue weighted by molar-refractivity contribution is 5.00. The first kappa shape index (κ1) is 12.2. The van der Waals surface area contributed by atoms with Gasteiger partial charge in [0.2, 0.25) is 0 Å². The SMILES string of the molecule is CCn1nccc1CN[C@H](CO)C(C)C. The van der Waals surface area contributed by atoms with Crippen molar-refractivity contribution in [3.8, 4) is 0 Å². The van der Waals surface area contributed by atoms with Crippen LogP contribution in [0.15, 0.2) is 12.3 Å². The van der Waals surface area contributed by atoms with Crippen LogP contribution in [0.4, 0.5) is 0 Å². The Balaban J connectivity index is 2.48. The fourth-order valence-electron chi connectivity index (χ4n) is 1.54. The van der Waals surface area contributed by atoms with Crippen molar-refractivity contribution in [2.45, 2.75) is 39.9 Å². The smallest absolute Gasteiger partial charge is 0.0587 e. The highest BCUT2D eigenvalue weighted by Crippen LogP contribution is 2.03. The number of aromatic nitrogens is 2. The van der Waals surface area contributed by atoms with Crippen molar-refractivity contribution in [2.75, 3.05) is 6.61 Å². The van der Waals surface area contributed by atoms with Gasteiger partial charge in [-0.25, -0.2) is 0 Å². The third-order valence-electron chi connectivity index (χ3n) is 2.65. The third-order valence-corrected chi connectivity index (χ3v) is 2.65. The van der Waals surface area contributed by atoms with Gasteiger partial charge in [0, 0.05) is 25.3 Å². The Morgan fingerprint density at radius 2 is 2.27 bits per heavy atom. The normalized spacial score (nSPS) is 13.4. The maximum Gasteiger partial charge on any atom is 0.0587 e. The first-order valence-corrected chi connectivity index (χ1v) is 5.54. The third kappa shape index (κ3) is 3.32. The molecule has 0 aromatic carbocycles. The second-order valence-electron chi connectivity index (χ2n) is 4.05. The average Bonchev–Trinajstić information content (AvgIpc) is 2.65. The monoisotopic (exact) mass is 211 g/mol. The van der Waals surface area contributed by atoms with Gasteiger partial charge in [-0.1, -0.05) is 13.8 Å². The van der Waals surface area contributed by atoms with Crippen LogP contribution in [-0.4, -0.2) is 27.5 Å². The fraction of sp³-hybridized carbons (Fsp3) is 0.727. The van der Waals surface area contributed by atoms with Crippen LogP contribution >= 0.6 is 0 Å². The Labute approximate surface area is 91.3 Å². The Morgan fingerprint density at radius 1 is 1.53 bits per heavy atom. The largest absolute Gasteiger partial charge is 0.395 e. The highest BCUT2D eigenvalue weighted by Gasteiger charge is 2.11. The summed E-state index contributed by atoms with van der Waals surface area (Å²) in [6.45, 7) is 8.10. The van der Waals surface area contributed by atoms with Gasteiger partial charge in [-0.3, -0.25) is 4.68 Å². The van der Waals surface area contributed by atoms with Crippen LogP contribution in [0.25, 0.3) is 0 Å². The van der Waals surface area contributed by atoms with Gasteiger partial charge in [-0.15, -0.1) is 0 Å². The average molecular weight is 211 g/mol. The molecule has 0 saturated carbocycles. The number of nitrogens with zero attached hydrogens (tertiary/aromatic N) is 2. The van der Waals surface area contributed by atoms with Crippen molar-refractivity contribution >= 4 is 0 Å². The summed E-state index contributed by atoms with van der Waals surface area (Å²) in [6.07, 6.45) is 1.81. The number of aliphatic hydroxyl groups excluding tert-OH is 1. The molecular weight excluding hydrogens is 190 g/mol. The molecule has 1 aromatic heterocycles. The van der Waals surface area contributed by atoms with Crippen LogP contribution in [0.2, 0.25) is 0 Å². The molecular formula is C11H21N3O. The van der Waals surface area contributed by atoms with E-state index < -0.39 is 0 Å². The van der Waals surface area contributed by atoms with Crippen molar-refractivity contribution in [3.05, 3.63) is 18.0 Å². The van der Waals surface area contributed by atoms with Gasteiger partial charge in [-0.05, 0) is 18.9 Å². The first-order chi connectivity index (χ1) is 7.19.